The Hall–Kier alpha value is -0.650. The third-order valence-corrected chi connectivity index (χ3v) is 3.59. The minimum Gasteiger partial charge on any atom is -0.377 e. The van der Waals surface area contributed by atoms with Crippen LogP contribution >= 0.6 is 43.5 Å². The van der Waals surface area contributed by atoms with Crippen LogP contribution in [0.2, 0.25) is 5.02 Å². The van der Waals surface area contributed by atoms with Crippen molar-refractivity contribution >= 4 is 49.1 Å². The van der Waals surface area contributed by atoms with E-state index in [2.05, 4.69) is 42.2 Å². The Kier molecular flexibility index (Phi) is 4.59. The van der Waals surface area contributed by atoms with Crippen molar-refractivity contribution in [2.45, 2.75) is 6.54 Å². The first-order valence-electron chi connectivity index (χ1n) is 5.06. The molecule has 0 radical (unpaired) electrons. The number of nitrogens with zero attached hydrogens (tertiary/aromatic N) is 1. The van der Waals surface area contributed by atoms with Gasteiger partial charge in [-0.1, -0.05) is 17.7 Å². The second-order valence-electron chi connectivity index (χ2n) is 3.55. The van der Waals surface area contributed by atoms with Gasteiger partial charge >= 0.3 is 0 Å². The van der Waals surface area contributed by atoms with Gasteiger partial charge in [-0.15, -0.1) is 0 Å². The van der Waals surface area contributed by atoms with Gasteiger partial charge in [0.15, 0.2) is 0 Å². The second-order valence-corrected chi connectivity index (χ2v) is 5.62. The van der Waals surface area contributed by atoms with Crippen molar-refractivity contribution in [2.24, 2.45) is 0 Å². The molecule has 0 aliphatic carbocycles. The van der Waals surface area contributed by atoms with E-state index in [0.29, 0.717) is 21.7 Å². The predicted octanol–water partition coefficient (Wildman–Crippen LogP) is 5.01. The largest absolute Gasteiger partial charge is 0.377 e. The molecule has 0 fully saturated rings. The van der Waals surface area contributed by atoms with Crippen LogP contribution in [0, 0.1) is 5.82 Å². The smallest absolute Gasteiger partial charge is 0.125 e. The van der Waals surface area contributed by atoms with Crippen LogP contribution in [0.3, 0.4) is 0 Å². The zero-order chi connectivity index (χ0) is 13.1. The number of aromatic nitrogens is 1. The second kappa shape index (κ2) is 5.99. The van der Waals surface area contributed by atoms with Gasteiger partial charge in [0.2, 0.25) is 0 Å². The number of anilines is 1. The molecule has 2 rings (SSSR count). The van der Waals surface area contributed by atoms with Crippen LogP contribution in [0.25, 0.3) is 0 Å². The minimum absolute atomic E-state index is 0.330. The number of halogens is 4. The molecule has 6 heteroatoms. The molecule has 94 valence electrons. The lowest BCUT2D eigenvalue weighted by molar-refractivity contribution is 0.627. The summed E-state index contributed by atoms with van der Waals surface area (Å²) in [7, 11) is 0. The zero-order valence-electron chi connectivity index (χ0n) is 9.05. The van der Waals surface area contributed by atoms with E-state index in [1.165, 1.54) is 12.1 Å². The lowest BCUT2D eigenvalue weighted by Crippen LogP contribution is -2.03. The van der Waals surface area contributed by atoms with E-state index in [1.807, 2.05) is 18.2 Å². The molecule has 1 N–H and O–H groups in total. The molecule has 0 spiro atoms. The number of rotatable bonds is 3. The summed E-state index contributed by atoms with van der Waals surface area (Å²) >= 11 is 12.5. The predicted molar refractivity (Wildman–Crippen MR) is 78.4 cm³/mol. The first-order chi connectivity index (χ1) is 8.56. The average Bonchev–Trinajstić information content (AvgIpc) is 2.27. The fourth-order valence-electron chi connectivity index (χ4n) is 1.44. The fraction of sp³-hybridized carbons (Fsp3) is 0.0833. The lowest BCUT2D eigenvalue weighted by atomic mass is 10.3. The molecular weight excluding hydrogens is 386 g/mol. The van der Waals surface area contributed by atoms with Crippen LogP contribution in [0.1, 0.15) is 5.69 Å². The van der Waals surface area contributed by atoms with Gasteiger partial charge in [-0.2, -0.15) is 0 Å². The summed E-state index contributed by atoms with van der Waals surface area (Å²) in [5.41, 5.74) is 1.51. The molecule has 1 heterocycles. The molecule has 18 heavy (non-hydrogen) atoms. The number of nitrogens with one attached hydrogen (secondary N) is 1. The zero-order valence-corrected chi connectivity index (χ0v) is 13.0. The van der Waals surface area contributed by atoms with Crippen molar-refractivity contribution in [1.82, 2.24) is 4.98 Å². The van der Waals surface area contributed by atoms with Crippen molar-refractivity contribution < 1.29 is 4.39 Å². The molecule has 0 unspecified atom stereocenters. The Bertz CT molecular complexity index is 555. The molecule has 0 bridgehead atoms. The topological polar surface area (TPSA) is 24.9 Å². The van der Waals surface area contributed by atoms with E-state index in [9.17, 15) is 4.39 Å². The van der Waals surface area contributed by atoms with Crippen LogP contribution < -0.4 is 5.32 Å². The van der Waals surface area contributed by atoms with E-state index in [0.717, 1.165) is 10.3 Å². The monoisotopic (exact) mass is 392 g/mol. The van der Waals surface area contributed by atoms with Crippen LogP contribution in [0.15, 0.2) is 39.4 Å². The van der Waals surface area contributed by atoms with Gasteiger partial charge in [-0.25, -0.2) is 9.37 Å². The maximum absolute atomic E-state index is 13.1. The summed E-state index contributed by atoms with van der Waals surface area (Å²) in [5.74, 6) is -0.377. The van der Waals surface area contributed by atoms with E-state index >= 15 is 0 Å². The standard InChI is InChI=1S/C12H8Br2ClFN2/c13-9-4-7(16)5-10(15)12(9)17-6-8-2-1-3-11(14)18-8/h1-5,17H,6H2. The quantitative estimate of drug-likeness (QED) is 0.740. The maximum Gasteiger partial charge on any atom is 0.125 e. The number of benzene rings is 1. The van der Waals surface area contributed by atoms with Crippen LogP contribution in [-0.4, -0.2) is 4.98 Å². The highest BCUT2D eigenvalue weighted by Gasteiger charge is 2.08. The maximum atomic E-state index is 13.1. The summed E-state index contributed by atoms with van der Waals surface area (Å²) < 4.78 is 14.4. The third kappa shape index (κ3) is 3.43. The van der Waals surface area contributed by atoms with Crippen molar-refractivity contribution in [1.29, 1.82) is 0 Å². The highest BCUT2D eigenvalue weighted by Crippen LogP contribution is 2.31. The van der Waals surface area contributed by atoms with Gasteiger partial charge in [0.05, 0.1) is 22.9 Å². The molecular formula is C12H8Br2ClFN2. The first kappa shape index (κ1) is 13.8. The summed E-state index contributed by atoms with van der Waals surface area (Å²) in [6, 6.07) is 8.27. The molecule has 0 atom stereocenters. The van der Waals surface area contributed by atoms with Crippen LogP contribution in [-0.2, 0) is 6.54 Å². The Morgan fingerprint density at radius 1 is 1.28 bits per heavy atom. The van der Waals surface area contributed by atoms with Crippen molar-refractivity contribution in [2.75, 3.05) is 5.32 Å². The van der Waals surface area contributed by atoms with Gasteiger partial charge in [0, 0.05) is 4.47 Å². The fourth-order valence-corrected chi connectivity index (χ4v) is 2.78. The van der Waals surface area contributed by atoms with Gasteiger partial charge in [-0.05, 0) is 56.1 Å². The highest BCUT2D eigenvalue weighted by molar-refractivity contribution is 9.10. The molecule has 0 saturated heterocycles. The Balaban J connectivity index is 2.16. The van der Waals surface area contributed by atoms with E-state index in [1.54, 1.807) is 0 Å². The first-order valence-corrected chi connectivity index (χ1v) is 7.02. The van der Waals surface area contributed by atoms with Gasteiger partial charge in [0.1, 0.15) is 10.4 Å². The normalized spacial score (nSPS) is 10.4. The summed E-state index contributed by atoms with van der Waals surface area (Å²) in [6.07, 6.45) is 0. The SMILES string of the molecule is Fc1cc(Cl)c(NCc2cccc(Br)n2)c(Br)c1. The molecule has 2 aromatic rings. The van der Waals surface area contributed by atoms with Crippen LogP contribution in [0.5, 0.6) is 0 Å². The van der Waals surface area contributed by atoms with Crippen molar-refractivity contribution in [3.8, 4) is 0 Å². The third-order valence-electron chi connectivity index (χ3n) is 2.23. The number of hydrogen-bond donors (Lipinski definition) is 1. The van der Waals surface area contributed by atoms with Gasteiger partial charge in [0.25, 0.3) is 0 Å². The molecule has 0 aliphatic heterocycles. The van der Waals surface area contributed by atoms with E-state index in [4.69, 9.17) is 11.6 Å². The molecule has 1 aromatic heterocycles. The Labute approximate surface area is 126 Å². The lowest BCUT2D eigenvalue weighted by Gasteiger charge is -2.10. The van der Waals surface area contributed by atoms with E-state index < -0.39 is 0 Å². The number of hydrogen-bond acceptors (Lipinski definition) is 2. The average molecular weight is 394 g/mol. The Morgan fingerprint density at radius 2 is 2.06 bits per heavy atom. The summed E-state index contributed by atoms with van der Waals surface area (Å²) in [5, 5.41) is 3.45. The minimum atomic E-state index is -0.377. The Morgan fingerprint density at radius 3 is 2.72 bits per heavy atom. The molecule has 0 aliphatic rings. The van der Waals surface area contributed by atoms with Crippen molar-refractivity contribution in [3.63, 3.8) is 0 Å². The molecule has 1 aromatic carbocycles. The van der Waals surface area contributed by atoms with Gasteiger partial charge < -0.3 is 5.32 Å². The molecule has 0 amide bonds. The van der Waals surface area contributed by atoms with Gasteiger partial charge in [-0.3, -0.25) is 0 Å². The summed E-state index contributed by atoms with van der Waals surface area (Å²) in [4.78, 5) is 4.29. The number of pyridine rings is 1. The molecule has 2 nitrogen and oxygen atoms in total. The van der Waals surface area contributed by atoms with Crippen molar-refractivity contribution in [3.05, 3.63) is 55.9 Å². The summed E-state index contributed by atoms with van der Waals surface area (Å²) in [6.45, 7) is 0.503. The molecule has 0 saturated carbocycles. The highest BCUT2D eigenvalue weighted by atomic mass is 79.9. The van der Waals surface area contributed by atoms with E-state index in [-0.39, 0.29) is 5.82 Å². The van der Waals surface area contributed by atoms with Crippen LogP contribution in [0.4, 0.5) is 10.1 Å².